The van der Waals surface area contributed by atoms with Crippen LogP contribution in [0.2, 0.25) is 0 Å². The van der Waals surface area contributed by atoms with Crippen LogP contribution in [0.4, 0.5) is 0 Å². The molecule has 2 rings (SSSR count). The monoisotopic (exact) mass is 251 g/mol. The Balaban J connectivity index is 2.22. The van der Waals surface area contributed by atoms with Crippen LogP contribution >= 0.6 is 11.3 Å². The Bertz CT molecular complexity index is 474. The molecule has 1 unspecified atom stereocenters. The molecule has 0 saturated heterocycles. The quantitative estimate of drug-likeness (QED) is 0.887. The smallest absolute Gasteiger partial charge is 0.257 e. The van der Waals surface area contributed by atoms with E-state index in [-0.39, 0.29) is 6.04 Å². The second-order valence-corrected chi connectivity index (χ2v) is 4.98. The van der Waals surface area contributed by atoms with Crippen molar-refractivity contribution in [1.29, 1.82) is 0 Å². The van der Waals surface area contributed by atoms with Crippen LogP contribution in [0.1, 0.15) is 37.1 Å². The van der Waals surface area contributed by atoms with E-state index in [9.17, 15) is 0 Å². The minimum atomic E-state index is 0.141. The fourth-order valence-electron chi connectivity index (χ4n) is 1.66. The van der Waals surface area contributed by atoms with Gasteiger partial charge in [-0.15, -0.1) is 21.5 Å². The Hall–Kier alpha value is -1.20. The molecule has 0 radical (unpaired) electrons. The number of nitrogens with zero attached hydrogens (tertiary/aromatic N) is 2. The van der Waals surface area contributed by atoms with E-state index in [0.29, 0.717) is 11.8 Å². The molecule has 0 saturated carbocycles. The molecular formula is C12H17N3OS. The number of aryl methyl sites for hydroxylation is 1. The summed E-state index contributed by atoms with van der Waals surface area (Å²) in [4.78, 5) is 2.38. The third-order valence-corrected chi connectivity index (χ3v) is 3.93. The highest BCUT2D eigenvalue weighted by Gasteiger charge is 2.16. The zero-order valence-electron chi connectivity index (χ0n) is 10.4. The van der Waals surface area contributed by atoms with Crippen LogP contribution in [-0.2, 0) is 6.42 Å². The van der Waals surface area contributed by atoms with Gasteiger partial charge in [-0.3, -0.25) is 0 Å². The second-order valence-electron chi connectivity index (χ2n) is 3.81. The molecule has 0 spiro atoms. The van der Waals surface area contributed by atoms with E-state index in [1.54, 1.807) is 11.3 Å². The predicted molar refractivity (Wildman–Crippen MR) is 69.1 cm³/mol. The topological polar surface area (TPSA) is 51.0 Å². The summed E-state index contributed by atoms with van der Waals surface area (Å²) in [7, 11) is 1.90. The molecule has 1 N–H and O–H groups in total. The Labute approximate surface area is 105 Å². The number of rotatable bonds is 5. The molecule has 0 amide bonds. The normalized spacial score (nSPS) is 12.9. The molecule has 0 aliphatic heterocycles. The lowest BCUT2D eigenvalue weighted by Crippen LogP contribution is -2.15. The molecular weight excluding hydrogens is 234 g/mol. The molecule has 0 aromatic carbocycles. The molecule has 0 aliphatic rings. The van der Waals surface area contributed by atoms with Gasteiger partial charge in [0.1, 0.15) is 0 Å². The molecule has 2 heterocycles. The van der Waals surface area contributed by atoms with Crippen LogP contribution in [0.15, 0.2) is 16.5 Å². The van der Waals surface area contributed by atoms with Crippen molar-refractivity contribution in [3.63, 3.8) is 0 Å². The van der Waals surface area contributed by atoms with Gasteiger partial charge in [-0.2, -0.15) is 0 Å². The summed E-state index contributed by atoms with van der Waals surface area (Å²) in [5, 5.41) is 11.4. The van der Waals surface area contributed by atoms with Crippen LogP contribution in [0, 0.1) is 0 Å². The largest absolute Gasteiger partial charge is 0.418 e. The maximum Gasteiger partial charge on any atom is 0.257 e. The maximum atomic E-state index is 5.70. The van der Waals surface area contributed by atoms with E-state index in [0.717, 1.165) is 17.7 Å². The fourth-order valence-corrected chi connectivity index (χ4v) is 2.53. The summed E-state index contributed by atoms with van der Waals surface area (Å²) in [6.45, 7) is 4.23. The first-order valence-electron chi connectivity index (χ1n) is 5.88. The number of aromatic nitrogens is 2. The highest BCUT2D eigenvalue weighted by molar-refractivity contribution is 7.15. The first kappa shape index (κ1) is 12.3. The molecule has 5 heteroatoms. The lowest BCUT2D eigenvalue weighted by Gasteiger charge is -2.06. The average molecular weight is 251 g/mol. The average Bonchev–Trinajstić information content (AvgIpc) is 2.98. The molecule has 0 aliphatic carbocycles. The molecule has 2 aromatic heterocycles. The Morgan fingerprint density at radius 3 is 2.76 bits per heavy atom. The molecule has 92 valence electrons. The van der Waals surface area contributed by atoms with Gasteiger partial charge in [-0.1, -0.05) is 13.8 Å². The number of nitrogens with one attached hydrogen (secondary N) is 1. The van der Waals surface area contributed by atoms with Gasteiger partial charge in [0.2, 0.25) is 5.89 Å². The molecule has 17 heavy (non-hydrogen) atoms. The van der Waals surface area contributed by atoms with Crippen LogP contribution in [0.3, 0.4) is 0 Å². The minimum absolute atomic E-state index is 0.141. The molecule has 4 nitrogen and oxygen atoms in total. The standard InChI is InChI=1S/C12H17N3OS/c1-4-8-6-7-10(17-8)12-15-14-11(16-12)9(5-2)13-3/h6-7,9,13H,4-5H2,1-3H3. The number of hydrogen-bond acceptors (Lipinski definition) is 5. The predicted octanol–water partition coefficient (Wildman–Crippen LogP) is 3.03. The Morgan fingerprint density at radius 1 is 1.35 bits per heavy atom. The summed E-state index contributed by atoms with van der Waals surface area (Å²) in [5.41, 5.74) is 0. The Morgan fingerprint density at radius 2 is 2.18 bits per heavy atom. The molecule has 2 aromatic rings. The lowest BCUT2D eigenvalue weighted by molar-refractivity contribution is 0.415. The molecule has 0 bridgehead atoms. The molecule has 0 fully saturated rings. The maximum absolute atomic E-state index is 5.70. The third-order valence-electron chi connectivity index (χ3n) is 2.72. The third kappa shape index (κ3) is 2.56. The SMILES string of the molecule is CCc1ccc(-c2nnc(C(CC)NC)o2)s1. The zero-order chi connectivity index (χ0) is 12.3. The van der Waals surface area contributed by atoms with E-state index in [2.05, 4.69) is 35.4 Å². The van der Waals surface area contributed by atoms with Gasteiger partial charge in [-0.25, -0.2) is 0 Å². The van der Waals surface area contributed by atoms with E-state index in [4.69, 9.17) is 4.42 Å². The summed E-state index contributed by atoms with van der Waals surface area (Å²) >= 11 is 1.71. The van der Waals surface area contributed by atoms with E-state index in [1.165, 1.54) is 4.88 Å². The summed E-state index contributed by atoms with van der Waals surface area (Å²) in [5.74, 6) is 1.29. The van der Waals surface area contributed by atoms with Gasteiger partial charge < -0.3 is 9.73 Å². The van der Waals surface area contributed by atoms with Gasteiger partial charge in [0.05, 0.1) is 10.9 Å². The van der Waals surface area contributed by atoms with E-state index >= 15 is 0 Å². The zero-order valence-corrected chi connectivity index (χ0v) is 11.2. The van der Waals surface area contributed by atoms with Gasteiger partial charge in [0, 0.05) is 4.88 Å². The van der Waals surface area contributed by atoms with Crippen molar-refractivity contribution in [3.8, 4) is 10.8 Å². The number of thiophene rings is 1. The van der Waals surface area contributed by atoms with E-state index < -0.39 is 0 Å². The fraction of sp³-hybridized carbons (Fsp3) is 0.500. The van der Waals surface area contributed by atoms with Crippen molar-refractivity contribution in [2.75, 3.05) is 7.05 Å². The Kier molecular flexibility index (Phi) is 3.91. The summed E-state index contributed by atoms with van der Waals surface area (Å²) < 4.78 is 5.70. The first-order valence-corrected chi connectivity index (χ1v) is 6.69. The summed E-state index contributed by atoms with van der Waals surface area (Å²) in [6.07, 6.45) is 1.97. The lowest BCUT2D eigenvalue weighted by atomic mass is 10.2. The highest BCUT2D eigenvalue weighted by atomic mass is 32.1. The van der Waals surface area contributed by atoms with E-state index in [1.807, 2.05) is 13.1 Å². The molecule has 1 atom stereocenters. The minimum Gasteiger partial charge on any atom is -0.418 e. The van der Waals surface area contributed by atoms with Crippen molar-refractivity contribution >= 4 is 11.3 Å². The first-order chi connectivity index (χ1) is 8.28. The van der Waals surface area contributed by atoms with Crippen molar-refractivity contribution in [1.82, 2.24) is 15.5 Å². The second kappa shape index (κ2) is 5.42. The van der Waals surface area contributed by atoms with Gasteiger partial charge in [-0.05, 0) is 32.0 Å². The van der Waals surface area contributed by atoms with Gasteiger partial charge in [0.15, 0.2) is 0 Å². The van der Waals surface area contributed by atoms with Crippen LogP contribution in [0.5, 0.6) is 0 Å². The van der Waals surface area contributed by atoms with Crippen LogP contribution in [-0.4, -0.2) is 17.2 Å². The summed E-state index contributed by atoms with van der Waals surface area (Å²) in [6, 6.07) is 4.29. The van der Waals surface area contributed by atoms with Crippen molar-refractivity contribution in [3.05, 3.63) is 22.9 Å². The highest BCUT2D eigenvalue weighted by Crippen LogP contribution is 2.28. The van der Waals surface area contributed by atoms with Gasteiger partial charge in [0.25, 0.3) is 5.89 Å². The van der Waals surface area contributed by atoms with Gasteiger partial charge >= 0.3 is 0 Å². The van der Waals surface area contributed by atoms with Crippen molar-refractivity contribution < 1.29 is 4.42 Å². The van der Waals surface area contributed by atoms with Crippen molar-refractivity contribution in [2.45, 2.75) is 32.7 Å². The van der Waals surface area contributed by atoms with Crippen molar-refractivity contribution in [2.24, 2.45) is 0 Å². The van der Waals surface area contributed by atoms with Crippen LogP contribution < -0.4 is 5.32 Å². The number of hydrogen-bond donors (Lipinski definition) is 1. The van der Waals surface area contributed by atoms with Crippen LogP contribution in [0.25, 0.3) is 10.8 Å².